The number of carbonyl (C=O) groups is 1. The van der Waals surface area contributed by atoms with Gasteiger partial charge in [0.15, 0.2) is 5.65 Å². The van der Waals surface area contributed by atoms with Gasteiger partial charge in [-0.25, -0.2) is 4.98 Å². The van der Waals surface area contributed by atoms with Crippen LogP contribution >= 0.6 is 34.2 Å². The SMILES string of the molecule is CN1CCCCOc2ccc(Cl)cc2C(=O)N2CCCCC2c2cc3nc(CCC4(I)CC4)cc1n3n2. The number of aromatic nitrogens is 3. The lowest BCUT2D eigenvalue weighted by Gasteiger charge is -2.35. The number of ether oxygens (including phenoxy) is 1. The number of carbonyl (C=O) groups excluding carboxylic acids is 1. The Hall–Kier alpha value is -2.07. The molecule has 0 N–H and O–H groups in total. The van der Waals surface area contributed by atoms with Crippen molar-refractivity contribution >= 4 is 51.6 Å². The van der Waals surface area contributed by atoms with Crippen LogP contribution in [0, 0.1) is 0 Å². The van der Waals surface area contributed by atoms with Gasteiger partial charge in [0.05, 0.1) is 23.9 Å². The van der Waals surface area contributed by atoms with Gasteiger partial charge >= 0.3 is 0 Å². The van der Waals surface area contributed by atoms with E-state index < -0.39 is 0 Å². The maximum atomic E-state index is 13.9. The number of amides is 1. The molecular weight excluding hydrogens is 601 g/mol. The van der Waals surface area contributed by atoms with E-state index in [0.29, 0.717) is 32.9 Å². The van der Waals surface area contributed by atoms with Crippen molar-refractivity contribution in [3.05, 3.63) is 52.3 Å². The highest BCUT2D eigenvalue weighted by atomic mass is 127. The van der Waals surface area contributed by atoms with Crippen LogP contribution in [0.5, 0.6) is 5.75 Å². The Morgan fingerprint density at radius 3 is 2.81 bits per heavy atom. The predicted molar refractivity (Wildman–Crippen MR) is 154 cm³/mol. The van der Waals surface area contributed by atoms with Gasteiger partial charge in [-0.15, -0.1) is 0 Å². The highest BCUT2D eigenvalue weighted by Gasteiger charge is 2.39. The molecule has 9 heteroatoms. The first-order valence-corrected chi connectivity index (χ1v) is 14.9. The Kier molecular flexibility index (Phi) is 6.98. The van der Waals surface area contributed by atoms with Crippen molar-refractivity contribution in [1.82, 2.24) is 19.5 Å². The molecule has 1 atom stereocenters. The molecular formula is C28H33ClIN5O2. The Labute approximate surface area is 236 Å². The van der Waals surface area contributed by atoms with E-state index in [9.17, 15) is 4.79 Å². The molecule has 3 aliphatic rings. The lowest BCUT2D eigenvalue weighted by molar-refractivity contribution is 0.0601. The summed E-state index contributed by atoms with van der Waals surface area (Å²) in [6.07, 6.45) is 9.50. The summed E-state index contributed by atoms with van der Waals surface area (Å²) in [4.78, 5) is 23.2. The van der Waals surface area contributed by atoms with Crippen LogP contribution < -0.4 is 9.64 Å². The van der Waals surface area contributed by atoms with E-state index in [1.165, 1.54) is 12.8 Å². The number of fused-ring (bicyclic) bond motifs is 4. The number of rotatable bonds is 3. The van der Waals surface area contributed by atoms with E-state index in [2.05, 4.69) is 46.7 Å². The number of benzene rings is 1. The van der Waals surface area contributed by atoms with Crippen LogP contribution in [0.3, 0.4) is 0 Å². The van der Waals surface area contributed by atoms with Crippen LogP contribution in [-0.2, 0) is 6.42 Å². The first kappa shape index (κ1) is 25.2. The topological polar surface area (TPSA) is 63.0 Å². The quantitative estimate of drug-likeness (QED) is 0.252. The third kappa shape index (κ3) is 5.28. The monoisotopic (exact) mass is 633 g/mol. The molecule has 37 heavy (non-hydrogen) atoms. The summed E-state index contributed by atoms with van der Waals surface area (Å²) in [7, 11) is 2.13. The smallest absolute Gasteiger partial charge is 0.258 e. The standard InChI is InChI=1S/C28H33ClIN5O2/c1-33-13-4-5-15-37-24-8-7-19(29)16-21(24)27(36)34-14-3-2-6-23(34)22-18-25-31-20(9-10-28(30)11-12-28)17-26(33)35(25)32-22/h7-8,16-18,23H,2-6,9-15H2,1H3. The average Bonchev–Trinajstić information content (AvgIpc) is 3.48. The second-order valence-electron chi connectivity index (χ2n) is 10.7. The first-order valence-electron chi connectivity index (χ1n) is 13.4. The van der Waals surface area contributed by atoms with E-state index >= 15 is 0 Å². The number of halogens is 2. The number of hydrogen-bond donors (Lipinski definition) is 0. The molecule has 7 nitrogen and oxygen atoms in total. The Morgan fingerprint density at radius 1 is 1.14 bits per heavy atom. The molecule has 1 unspecified atom stereocenters. The van der Waals surface area contributed by atoms with E-state index in [0.717, 1.165) is 74.3 Å². The molecule has 4 heterocycles. The molecule has 1 saturated carbocycles. The summed E-state index contributed by atoms with van der Waals surface area (Å²) in [5.41, 5.74) is 3.42. The van der Waals surface area contributed by atoms with Crippen LogP contribution in [0.4, 0.5) is 5.82 Å². The minimum Gasteiger partial charge on any atom is -0.493 e. The molecule has 6 rings (SSSR count). The van der Waals surface area contributed by atoms with Crippen LogP contribution in [0.25, 0.3) is 5.65 Å². The van der Waals surface area contributed by atoms with Gasteiger partial charge in [-0.1, -0.05) is 34.2 Å². The molecule has 1 aliphatic carbocycles. The zero-order valence-corrected chi connectivity index (χ0v) is 24.2. The second-order valence-corrected chi connectivity index (χ2v) is 13.4. The van der Waals surface area contributed by atoms with Gasteiger partial charge in [-0.2, -0.15) is 9.61 Å². The van der Waals surface area contributed by atoms with Crippen LogP contribution in [0.2, 0.25) is 5.02 Å². The number of anilines is 1. The van der Waals surface area contributed by atoms with Crippen LogP contribution in [0.1, 0.15) is 79.2 Å². The maximum Gasteiger partial charge on any atom is 0.258 e. The van der Waals surface area contributed by atoms with E-state index in [-0.39, 0.29) is 11.9 Å². The van der Waals surface area contributed by atoms with E-state index in [1.807, 2.05) is 15.5 Å². The zero-order chi connectivity index (χ0) is 25.6. The normalized spacial score (nSPS) is 21.7. The minimum absolute atomic E-state index is 0.0445. The van der Waals surface area contributed by atoms with Crippen molar-refractivity contribution in [2.24, 2.45) is 0 Å². The minimum atomic E-state index is -0.106. The number of piperidine rings is 1. The number of nitrogens with zero attached hydrogens (tertiary/aromatic N) is 5. The summed E-state index contributed by atoms with van der Waals surface area (Å²) < 4.78 is 8.56. The van der Waals surface area contributed by atoms with Crippen molar-refractivity contribution < 1.29 is 9.53 Å². The third-order valence-electron chi connectivity index (χ3n) is 7.92. The van der Waals surface area contributed by atoms with E-state index in [1.54, 1.807) is 12.1 Å². The first-order chi connectivity index (χ1) is 17.9. The highest BCUT2D eigenvalue weighted by Crippen LogP contribution is 2.48. The molecule has 1 aromatic carbocycles. The third-order valence-corrected chi connectivity index (χ3v) is 9.77. The molecule has 196 valence electrons. The predicted octanol–water partition coefficient (Wildman–Crippen LogP) is 6.26. The van der Waals surface area contributed by atoms with Crippen molar-refractivity contribution in [3.63, 3.8) is 0 Å². The Bertz CT molecular complexity index is 1320. The molecule has 2 fully saturated rings. The van der Waals surface area contributed by atoms with Gasteiger partial charge in [-0.05, 0) is 76.0 Å². The number of alkyl halides is 1. The van der Waals surface area contributed by atoms with Gasteiger partial charge in [0.25, 0.3) is 5.91 Å². The van der Waals surface area contributed by atoms with Crippen molar-refractivity contribution in [2.45, 2.75) is 67.3 Å². The molecule has 2 aliphatic heterocycles. The fourth-order valence-corrected chi connectivity index (χ4v) is 6.22. The molecule has 0 radical (unpaired) electrons. The zero-order valence-electron chi connectivity index (χ0n) is 21.3. The largest absolute Gasteiger partial charge is 0.493 e. The summed E-state index contributed by atoms with van der Waals surface area (Å²) in [5.74, 6) is 1.62. The van der Waals surface area contributed by atoms with Gasteiger partial charge in [-0.3, -0.25) is 4.79 Å². The highest BCUT2D eigenvalue weighted by molar-refractivity contribution is 14.1. The number of aryl methyl sites for hydroxylation is 1. The maximum absolute atomic E-state index is 13.9. The summed E-state index contributed by atoms with van der Waals surface area (Å²) in [6.45, 7) is 2.13. The van der Waals surface area contributed by atoms with Crippen molar-refractivity contribution in [3.8, 4) is 5.75 Å². The summed E-state index contributed by atoms with van der Waals surface area (Å²) >= 11 is 8.95. The van der Waals surface area contributed by atoms with Gasteiger partial charge in [0, 0.05) is 46.4 Å². The van der Waals surface area contributed by atoms with Gasteiger partial charge in [0.1, 0.15) is 11.6 Å². The Morgan fingerprint density at radius 2 is 1.97 bits per heavy atom. The molecule has 3 aromatic rings. The van der Waals surface area contributed by atoms with Crippen LogP contribution in [-0.4, -0.2) is 55.6 Å². The summed E-state index contributed by atoms with van der Waals surface area (Å²) in [5, 5.41) is 5.61. The molecule has 2 bridgehead atoms. The number of hydrogen-bond acceptors (Lipinski definition) is 5. The van der Waals surface area contributed by atoms with Crippen LogP contribution in [0.15, 0.2) is 30.3 Å². The lowest BCUT2D eigenvalue weighted by Crippen LogP contribution is -2.39. The van der Waals surface area contributed by atoms with Gasteiger partial charge < -0.3 is 14.5 Å². The van der Waals surface area contributed by atoms with Crippen molar-refractivity contribution in [1.29, 1.82) is 0 Å². The van der Waals surface area contributed by atoms with E-state index in [4.69, 9.17) is 26.4 Å². The van der Waals surface area contributed by atoms with Crippen molar-refractivity contribution in [2.75, 3.05) is 31.6 Å². The Balaban J connectivity index is 1.42. The summed E-state index contributed by atoms with van der Waals surface area (Å²) in [6, 6.07) is 9.55. The fraction of sp³-hybridized carbons (Fsp3) is 0.536. The molecule has 2 aromatic heterocycles. The fourth-order valence-electron chi connectivity index (χ4n) is 5.51. The van der Waals surface area contributed by atoms with Gasteiger partial charge in [0.2, 0.25) is 0 Å². The molecule has 1 saturated heterocycles. The second kappa shape index (κ2) is 10.2. The molecule has 0 spiro atoms. The molecule has 1 amide bonds. The average molecular weight is 634 g/mol. The lowest BCUT2D eigenvalue weighted by atomic mass is 9.98.